The van der Waals surface area contributed by atoms with E-state index in [1.165, 1.54) is 23.7 Å². The predicted molar refractivity (Wildman–Crippen MR) is 174 cm³/mol. The van der Waals surface area contributed by atoms with E-state index in [-0.39, 0.29) is 10.6 Å². The van der Waals surface area contributed by atoms with Crippen molar-refractivity contribution in [3.8, 4) is 11.5 Å². The van der Waals surface area contributed by atoms with E-state index in [0.29, 0.717) is 24.7 Å². The van der Waals surface area contributed by atoms with Gasteiger partial charge in [-0.25, -0.2) is 13.8 Å². The Labute approximate surface area is 257 Å². The van der Waals surface area contributed by atoms with Crippen LogP contribution in [-0.4, -0.2) is 33.7 Å². The summed E-state index contributed by atoms with van der Waals surface area (Å²) in [6.07, 6.45) is 1.48. The molecule has 0 aliphatic rings. The molecule has 0 fully saturated rings. The Balaban J connectivity index is 1.24. The normalized spacial score (nSPS) is 11.4. The highest BCUT2D eigenvalue weighted by Gasteiger charge is 2.29. The quantitative estimate of drug-likeness (QED) is 0.130. The molecule has 44 heavy (non-hydrogen) atoms. The lowest BCUT2D eigenvalue weighted by Crippen LogP contribution is -2.39. The Bertz CT molecular complexity index is 1870. The number of rotatable bonds is 12. The van der Waals surface area contributed by atoms with Gasteiger partial charge in [0.05, 0.1) is 23.4 Å². The van der Waals surface area contributed by atoms with Crippen molar-refractivity contribution >= 4 is 38.6 Å². The zero-order valence-electron chi connectivity index (χ0n) is 24.5. The Morgan fingerprint density at radius 1 is 0.841 bits per heavy atom. The summed E-state index contributed by atoms with van der Waals surface area (Å²) < 4.78 is 40.1. The fourth-order valence-electron chi connectivity index (χ4n) is 4.57. The monoisotopic (exact) mass is 607 g/mol. The molecule has 224 valence electrons. The first-order valence-corrected chi connectivity index (χ1v) is 15.6. The van der Waals surface area contributed by atoms with Crippen molar-refractivity contribution < 1.29 is 22.7 Å². The van der Waals surface area contributed by atoms with Crippen LogP contribution in [0, 0.1) is 6.92 Å². The predicted octanol–water partition coefficient (Wildman–Crippen LogP) is 6.47. The van der Waals surface area contributed by atoms with Gasteiger partial charge in [0, 0.05) is 0 Å². The molecule has 8 nitrogen and oxygen atoms in total. The highest BCUT2D eigenvalue weighted by molar-refractivity contribution is 7.92. The molecule has 0 heterocycles. The van der Waals surface area contributed by atoms with Crippen LogP contribution in [0.4, 0.5) is 5.69 Å². The molecule has 0 aliphatic carbocycles. The van der Waals surface area contributed by atoms with E-state index in [1.807, 2.05) is 43.3 Å². The third-order valence-electron chi connectivity index (χ3n) is 6.83. The minimum Gasteiger partial charge on any atom is -0.492 e. The number of ether oxygens (including phenoxy) is 2. The number of fused-ring (bicyclic) bond motifs is 1. The van der Waals surface area contributed by atoms with Crippen LogP contribution in [0.1, 0.15) is 23.6 Å². The number of hydrogen-bond donors (Lipinski definition) is 1. The molecule has 0 radical (unpaired) electrons. The number of sulfonamides is 1. The third-order valence-corrected chi connectivity index (χ3v) is 8.61. The first kappa shape index (κ1) is 30.3. The maximum atomic E-state index is 13.7. The van der Waals surface area contributed by atoms with Gasteiger partial charge in [0.2, 0.25) is 0 Å². The second kappa shape index (κ2) is 13.9. The van der Waals surface area contributed by atoms with Crippen LogP contribution < -0.4 is 19.2 Å². The topological polar surface area (TPSA) is 97.3 Å². The highest BCUT2D eigenvalue weighted by atomic mass is 32.2. The molecule has 0 aromatic heterocycles. The minimum absolute atomic E-state index is 0.0635. The Hall–Kier alpha value is -5.15. The smallest absolute Gasteiger partial charge is 0.264 e. The summed E-state index contributed by atoms with van der Waals surface area (Å²) in [4.78, 5) is 13.0. The van der Waals surface area contributed by atoms with Crippen molar-refractivity contribution in [1.29, 1.82) is 0 Å². The van der Waals surface area contributed by atoms with E-state index in [2.05, 4.69) is 40.9 Å². The summed E-state index contributed by atoms with van der Waals surface area (Å²) in [7, 11) is -4.10. The van der Waals surface area contributed by atoms with Crippen LogP contribution in [0.3, 0.4) is 0 Å². The van der Waals surface area contributed by atoms with Crippen LogP contribution >= 0.6 is 0 Å². The molecule has 9 heteroatoms. The lowest BCUT2D eigenvalue weighted by molar-refractivity contribution is -0.119. The summed E-state index contributed by atoms with van der Waals surface area (Å²) in [6.45, 7) is 3.94. The second-order valence-corrected chi connectivity index (χ2v) is 11.9. The molecular formula is C35H33N3O5S. The number of nitrogens with one attached hydrogen (secondary N) is 1. The van der Waals surface area contributed by atoms with Crippen LogP contribution in [-0.2, 0) is 21.4 Å². The molecule has 0 saturated carbocycles. The maximum absolute atomic E-state index is 13.7. The van der Waals surface area contributed by atoms with E-state index in [1.54, 1.807) is 43.3 Å². The largest absolute Gasteiger partial charge is 0.492 e. The van der Waals surface area contributed by atoms with Crippen molar-refractivity contribution in [2.75, 3.05) is 17.5 Å². The molecular weight excluding hydrogens is 574 g/mol. The highest BCUT2D eigenvalue weighted by Crippen LogP contribution is 2.32. The zero-order chi connectivity index (χ0) is 30.9. The molecule has 0 bridgehead atoms. The molecule has 1 N–H and O–H groups in total. The minimum atomic E-state index is -4.10. The van der Waals surface area contributed by atoms with Gasteiger partial charge < -0.3 is 9.47 Å². The molecule has 0 spiro atoms. The lowest BCUT2D eigenvalue weighted by Gasteiger charge is -2.25. The van der Waals surface area contributed by atoms with Gasteiger partial charge in [0.25, 0.3) is 15.9 Å². The van der Waals surface area contributed by atoms with E-state index >= 15 is 0 Å². The fourth-order valence-corrected chi connectivity index (χ4v) is 6.00. The van der Waals surface area contributed by atoms with Gasteiger partial charge in [-0.15, -0.1) is 0 Å². The Kier molecular flexibility index (Phi) is 9.56. The molecule has 0 atom stereocenters. The summed E-state index contributed by atoms with van der Waals surface area (Å²) in [5.41, 5.74) is 5.42. The van der Waals surface area contributed by atoms with Crippen LogP contribution in [0.25, 0.3) is 10.8 Å². The average molecular weight is 608 g/mol. The van der Waals surface area contributed by atoms with Crippen LogP contribution in [0.5, 0.6) is 11.5 Å². The van der Waals surface area contributed by atoms with E-state index in [0.717, 1.165) is 26.4 Å². The standard InChI is InChI=1S/C35H33N3O5S/c1-3-42-34-11-7-6-10-33(34)38(44(40,41)32-20-12-26(2)13-21-32)24-35(39)37-36-23-27-15-18-31(19-16-27)43-25-28-14-17-29-8-4-5-9-30(29)22-28/h4-23H,3,24-25H2,1-2H3,(H,37,39)/b36-23-. The number of carbonyl (C=O) groups excluding carboxylic acids is 1. The summed E-state index contributed by atoms with van der Waals surface area (Å²) in [5.74, 6) is 0.438. The number of para-hydroxylation sites is 2. The van der Waals surface area contributed by atoms with Gasteiger partial charge in [0.15, 0.2) is 0 Å². The summed E-state index contributed by atoms with van der Waals surface area (Å²) >= 11 is 0. The molecule has 0 saturated heterocycles. The van der Waals surface area contributed by atoms with E-state index < -0.39 is 22.5 Å². The van der Waals surface area contributed by atoms with Crippen LogP contribution in [0.15, 0.2) is 125 Å². The van der Waals surface area contributed by atoms with Gasteiger partial charge in [-0.2, -0.15) is 5.10 Å². The summed E-state index contributed by atoms with van der Waals surface area (Å²) in [6, 6.07) is 34.9. The zero-order valence-corrected chi connectivity index (χ0v) is 25.3. The van der Waals surface area contributed by atoms with Gasteiger partial charge in [0.1, 0.15) is 24.7 Å². The second-order valence-electron chi connectivity index (χ2n) is 10.1. The van der Waals surface area contributed by atoms with Gasteiger partial charge in [-0.1, -0.05) is 66.2 Å². The Morgan fingerprint density at radius 3 is 2.30 bits per heavy atom. The lowest BCUT2D eigenvalue weighted by atomic mass is 10.1. The average Bonchev–Trinajstić information content (AvgIpc) is 3.04. The van der Waals surface area contributed by atoms with Crippen LogP contribution in [0.2, 0.25) is 0 Å². The van der Waals surface area contributed by atoms with Crippen molar-refractivity contribution in [1.82, 2.24) is 5.43 Å². The van der Waals surface area contributed by atoms with Crippen molar-refractivity contribution in [2.24, 2.45) is 5.10 Å². The molecule has 5 aromatic rings. The SMILES string of the molecule is CCOc1ccccc1N(CC(=O)N/N=C\c1ccc(OCc2ccc3ccccc3c2)cc1)S(=O)(=O)c1ccc(C)cc1. The van der Waals surface area contributed by atoms with E-state index in [4.69, 9.17) is 9.47 Å². The van der Waals surface area contributed by atoms with Gasteiger partial charge in [-0.3, -0.25) is 9.10 Å². The maximum Gasteiger partial charge on any atom is 0.264 e. The number of aryl methyl sites for hydroxylation is 1. The van der Waals surface area contributed by atoms with Gasteiger partial charge >= 0.3 is 0 Å². The molecule has 5 aromatic carbocycles. The number of anilines is 1. The molecule has 0 aliphatic heterocycles. The number of benzene rings is 5. The molecule has 5 rings (SSSR count). The fraction of sp³-hybridized carbons (Fsp3) is 0.143. The number of hydrazone groups is 1. The number of hydrogen-bond acceptors (Lipinski definition) is 6. The van der Waals surface area contributed by atoms with Crippen molar-refractivity contribution in [3.63, 3.8) is 0 Å². The van der Waals surface area contributed by atoms with Crippen molar-refractivity contribution in [3.05, 3.63) is 132 Å². The first-order valence-electron chi connectivity index (χ1n) is 14.2. The number of carbonyl (C=O) groups is 1. The number of amides is 1. The third kappa shape index (κ3) is 7.43. The Morgan fingerprint density at radius 2 is 1.55 bits per heavy atom. The van der Waals surface area contributed by atoms with Crippen molar-refractivity contribution in [2.45, 2.75) is 25.3 Å². The van der Waals surface area contributed by atoms with Gasteiger partial charge in [-0.05, 0) is 90.3 Å². The summed E-state index contributed by atoms with van der Waals surface area (Å²) in [5, 5.41) is 6.39. The first-order chi connectivity index (χ1) is 21.3. The van der Waals surface area contributed by atoms with E-state index in [9.17, 15) is 13.2 Å². The molecule has 0 unspecified atom stereocenters. The molecule has 1 amide bonds. The number of nitrogens with zero attached hydrogens (tertiary/aromatic N) is 2.